The molecule has 0 aliphatic heterocycles. The number of hydrogen-bond donors (Lipinski definition) is 2. The molecule has 6 nitrogen and oxygen atoms in total. The summed E-state index contributed by atoms with van der Waals surface area (Å²) < 4.78 is 1.91. The number of pyridine rings is 1. The molecule has 0 radical (unpaired) electrons. The first-order valence-corrected chi connectivity index (χ1v) is 6.60. The van der Waals surface area contributed by atoms with Crippen LogP contribution >= 0.6 is 0 Å². The van der Waals surface area contributed by atoms with Gasteiger partial charge in [0, 0.05) is 37.4 Å². The first-order valence-electron chi connectivity index (χ1n) is 6.60. The average molecular weight is 283 g/mol. The van der Waals surface area contributed by atoms with E-state index in [9.17, 15) is 4.79 Å². The Balaban J connectivity index is 2.06. The van der Waals surface area contributed by atoms with Gasteiger partial charge in [0.05, 0.1) is 24.0 Å². The molecular formula is C15H17N5O. The molecule has 1 amide bonds. The monoisotopic (exact) mass is 283 g/mol. The van der Waals surface area contributed by atoms with Crippen LogP contribution < -0.4 is 11.1 Å². The minimum Gasteiger partial charge on any atom is -0.348 e. The highest BCUT2D eigenvalue weighted by Crippen LogP contribution is 2.06. The van der Waals surface area contributed by atoms with Crippen LogP contribution in [0, 0.1) is 11.8 Å². The molecule has 108 valence electrons. The number of nitrogens with one attached hydrogen (secondary N) is 1. The first kappa shape index (κ1) is 14.8. The second-order valence-electron chi connectivity index (χ2n) is 4.56. The van der Waals surface area contributed by atoms with E-state index >= 15 is 0 Å². The van der Waals surface area contributed by atoms with Crippen molar-refractivity contribution in [3.8, 4) is 11.8 Å². The maximum Gasteiger partial charge on any atom is 0.252 e. The van der Waals surface area contributed by atoms with E-state index in [0.717, 1.165) is 0 Å². The lowest BCUT2D eigenvalue weighted by Crippen LogP contribution is -2.35. The predicted octanol–water partition coefficient (Wildman–Crippen LogP) is 0.407. The Morgan fingerprint density at radius 1 is 1.48 bits per heavy atom. The lowest BCUT2D eigenvalue weighted by Gasteiger charge is -2.15. The summed E-state index contributed by atoms with van der Waals surface area (Å²) in [6.45, 7) is 2.83. The van der Waals surface area contributed by atoms with Gasteiger partial charge in [-0.15, -0.1) is 0 Å². The zero-order chi connectivity index (χ0) is 15.1. The van der Waals surface area contributed by atoms with Crippen molar-refractivity contribution in [2.24, 2.45) is 5.73 Å². The molecule has 2 rings (SSSR count). The second-order valence-corrected chi connectivity index (χ2v) is 4.56. The predicted molar refractivity (Wildman–Crippen MR) is 79.3 cm³/mol. The highest BCUT2D eigenvalue weighted by atomic mass is 16.1. The summed E-state index contributed by atoms with van der Waals surface area (Å²) in [4.78, 5) is 20.3. The van der Waals surface area contributed by atoms with Crippen LogP contribution in [0.4, 0.5) is 0 Å². The van der Waals surface area contributed by atoms with E-state index in [1.807, 2.05) is 17.7 Å². The maximum absolute atomic E-state index is 12.3. The summed E-state index contributed by atoms with van der Waals surface area (Å²) in [6.07, 6.45) is 8.42. The van der Waals surface area contributed by atoms with Gasteiger partial charge in [-0.05, 0) is 13.0 Å². The topological polar surface area (TPSA) is 85.8 Å². The van der Waals surface area contributed by atoms with Crippen molar-refractivity contribution in [2.45, 2.75) is 19.5 Å². The van der Waals surface area contributed by atoms with Gasteiger partial charge in [0.2, 0.25) is 0 Å². The highest BCUT2D eigenvalue weighted by Gasteiger charge is 2.13. The maximum atomic E-state index is 12.3. The van der Waals surface area contributed by atoms with Crippen molar-refractivity contribution < 1.29 is 4.79 Å². The summed E-state index contributed by atoms with van der Waals surface area (Å²) in [5, 5.41) is 2.94. The molecule has 0 aliphatic carbocycles. The molecule has 2 aromatic heterocycles. The number of carbonyl (C=O) groups excluding carboxylic acids is 1. The lowest BCUT2D eigenvalue weighted by atomic mass is 10.1. The first-order chi connectivity index (χ1) is 10.2. The van der Waals surface area contributed by atoms with Crippen LogP contribution in [0.25, 0.3) is 0 Å². The molecular weight excluding hydrogens is 266 g/mol. The standard InChI is InChI=1S/C15H17N5O/c1-12(10-20-8-7-18-11-20)19-15(21)14-4-6-17-9-13(14)3-2-5-16/h4,6-9,11-12H,5,10,16H2,1H3,(H,19,21). The third-order valence-electron chi connectivity index (χ3n) is 2.81. The van der Waals surface area contributed by atoms with Crippen molar-refractivity contribution in [3.05, 3.63) is 48.3 Å². The van der Waals surface area contributed by atoms with Gasteiger partial charge in [-0.2, -0.15) is 0 Å². The van der Waals surface area contributed by atoms with Gasteiger partial charge in [0.15, 0.2) is 0 Å². The third-order valence-corrected chi connectivity index (χ3v) is 2.81. The van der Waals surface area contributed by atoms with Crippen molar-refractivity contribution in [1.29, 1.82) is 0 Å². The van der Waals surface area contributed by atoms with E-state index < -0.39 is 0 Å². The normalized spacial score (nSPS) is 11.3. The fourth-order valence-electron chi connectivity index (χ4n) is 1.90. The summed E-state index contributed by atoms with van der Waals surface area (Å²) in [6, 6.07) is 1.62. The third kappa shape index (κ3) is 4.16. The van der Waals surface area contributed by atoms with Gasteiger partial charge in [-0.25, -0.2) is 4.98 Å². The number of imidazole rings is 1. The zero-order valence-corrected chi connectivity index (χ0v) is 11.8. The molecule has 0 saturated carbocycles. The van der Waals surface area contributed by atoms with E-state index in [2.05, 4.69) is 27.1 Å². The number of aromatic nitrogens is 3. The quantitative estimate of drug-likeness (QED) is 0.796. The number of hydrogen-bond acceptors (Lipinski definition) is 4. The summed E-state index contributed by atoms with van der Waals surface area (Å²) in [5.74, 6) is 5.42. The highest BCUT2D eigenvalue weighted by molar-refractivity contribution is 5.96. The minimum atomic E-state index is -0.175. The molecule has 0 fully saturated rings. The van der Waals surface area contributed by atoms with Gasteiger partial charge in [-0.3, -0.25) is 9.78 Å². The van der Waals surface area contributed by atoms with Crippen LogP contribution in [0.3, 0.4) is 0 Å². The summed E-state index contributed by atoms with van der Waals surface area (Å²) >= 11 is 0. The Kier molecular flexibility index (Phi) is 5.07. The van der Waals surface area contributed by atoms with E-state index in [1.54, 1.807) is 31.0 Å². The van der Waals surface area contributed by atoms with E-state index in [-0.39, 0.29) is 18.5 Å². The van der Waals surface area contributed by atoms with Gasteiger partial charge >= 0.3 is 0 Å². The molecule has 21 heavy (non-hydrogen) atoms. The summed E-state index contributed by atoms with van der Waals surface area (Å²) in [7, 11) is 0. The molecule has 0 saturated heterocycles. The molecule has 2 heterocycles. The molecule has 0 aliphatic rings. The van der Waals surface area contributed by atoms with Crippen LogP contribution in [0.1, 0.15) is 22.8 Å². The molecule has 0 bridgehead atoms. The lowest BCUT2D eigenvalue weighted by molar-refractivity contribution is 0.0936. The summed E-state index contributed by atoms with van der Waals surface area (Å²) in [5.41, 5.74) is 6.44. The number of rotatable bonds is 4. The van der Waals surface area contributed by atoms with E-state index in [4.69, 9.17) is 5.73 Å². The van der Waals surface area contributed by atoms with Gasteiger partial charge in [0.1, 0.15) is 0 Å². The molecule has 1 unspecified atom stereocenters. The largest absolute Gasteiger partial charge is 0.348 e. The molecule has 6 heteroatoms. The van der Waals surface area contributed by atoms with Crippen LogP contribution in [-0.2, 0) is 6.54 Å². The molecule has 2 aromatic rings. The zero-order valence-electron chi connectivity index (χ0n) is 11.8. The second kappa shape index (κ2) is 7.22. The van der Waals surface area contributed by atoms with Gasteiger partial charge in [-0.1, -0.05) is 11.8 Å². The van der Waals surface area contributed by atoms with Gasteiger partial charge < -0.3 is 15.6 Å². The Morgan fingerprint density at radius 2 is 2.33 bits per heavy atom. The number of nitrogens with two attached hydrogens (primary N) is 1. The van der Waals surface area contributed by atoms with Crippen LogP contribution in [0.5, 0.6) is 0 Å². The van der Waals surface area contributed by atoms with Crippen molar-refractivity contribution in [2.75, 3.05) is 6.54 Å². The smallest absolute Gasteiger partial charge is 0.252 e. The number of amides is 1. The van der Waals surface area contributed by atoms with Crippen molar-refractivity contribution >= 4 is 5.91 Å². The Bertz CT molecular complexity index is 654. The van der Waals surface area contributed by atoms with Crippen molar-refractivity contribution in [1.82, 2.24) is 19.9 Å². The van der Waals surface area contributed by atoms with Crippen molar-refractivity contribution in [3.63, 3.8) is 0 Å². The SMILES string of the molecule is CC(Cn1ccnc1)NC(=O)c1ccncc1C#CCN. The molecule has 3 N–H and O–H groups in total. The van der Waals surface area contributed by atoms with Crippen LogP contribution in [-0.4, -0.2) is 33.0 Å². The van der Waals surface area contributed by atoms with Crippen LogP contribution in [0.15, 0.2) is 37.2 Å². The fraction of sp³-hybridized carbons (Fsp3) is 0.267. The van der Waals surface area contributed by atoms with E-state index in [1.165, 1.54) is 0 Å². The molecule has 0 aromatic carbocycles. The van der Waals surface area contributed by atoms with E-state index in [0.29, 0.717) is 17.7 Å². The minimum absolute atomic E-state index is 0.0322. The van der Waals surface area contributed by atoms with Crippen LogP contribution in [0.2, 0.25) is 0 Å². The Morgan fingerprint density at radius 3 is 3.05 bits per heavy atom. The molecule has 1 atom stereocenters. The Hall–Kier alpha value is -2.65. The van der Waals surface area contributed by atoms with Gasteiger partial charge in [0.25, 0.3) is 5.91 Å². The molecule has 0 spiro atoms. The Labute approximate surface area is 123 Å². The number of nitrogens with zero attached hydrogens (tertiary/aromatic N) is 3. The average Bonchev–Trinajstić information content (AvgIpc) is 2.98. The number of carbonyl (C=O) groups is 1. The fourth-order valence-corrected chi connectivity index (χ4v) is 1.90.